The molecule has 0 aliphatic rings. The first-order valence-electron chi connectivity index (χ1n) is 6.33. The van der Waals surface area contributed by atoms with Crippen LogP contribution in [0.3, 0.4) is 0 Å². The molecule has 1 N–H and O–H groups in total. The number of hydrogen-bond acceptors (Lipinski definition) is 2. The molecule has 0 aliphatic heterocycles. The van der Waals surface area contributed by atoms with Gasteiger partial charge < -0.3 is 5.32 Å². The van der Waals surface area contributed by atoms with Crippen LogP contribution >= 0.6 is 0 Å². The van der Waals surface area contributed by atoms with Crippen LogP contribution in [0.1, 0.15) is 32.8 Å². The Labute approximate surface area is 99.5 Å². The summed E-state index contributed by atoms with van der Waals surface area (Å²) in [6.45, 7) is 9.10. The number of nitrogens with one attached hydrogen (secondary N) is 1. The van der Waals surface area contributed by atoms with Crippen LogP contribution in [0.2, 0.25) is 0 Å². The summed E-state index contributed by atoms with van der Waals surface area (Å²) >= 11 is 0. The highest BCUT2D eigenvalue weighted by molar-refractivity contribution is 5.09. The van der Waals surface area contributed by atoms with Crippen LogP contribution in [0.25, 0.3) is 0 Å². The van der Waals surface area contributed by atoms with Crippen molar-refractivity contribution in [2.45, 2.75) is 33.6 Å². The first kappa shape index (κ1) is 13.2. The van der Waals surface area contributed by atoms with Crippen LogP contribution in [0, 0.1) is 11.8 Å². The maximum Gasteiger partial charge on any atom is 0.0299 e. The van der Waals surface area contributed by atoms with Gasteiger partial charge in [-0.15, -0.1) is 0 Å². The van der Waals surface area contributed by atoms with Crippen molar-refractivity contribution in [2.24, 2.45) is 11.8 Å². The van der Waals surface area contributed by atoms with E-state index in [1.54, 1.807) is 0 Å². The fraction of sp³-hybridized carbons (Fsp3) is 0.643. The minimum atomic E-state index is 0.702. The van der Waals surface area contributed by atoms with E-state index in [9.17, 15) is 0 Å². The molecule has 16 heavy (non-hydrogen) atoms. The van der Waals surface area contributed by atoms with Crippen LogP contribution in [0.4, 0.5) is 0 Å². The van der Waals surface area contributed by atoms with Gasteiger partial charge in [-0.3, -0.25) is 4.98 Å². The highest BCUT2D eigenvalue weighted by Crippen LogP contribution is 2.15. The van der Waals surface area contributed by atoms with E-state index in [1.807, 2.05) is 18.5 Å². The first-order valence-corrected chi connectivity index (χ1v) is 6.33. The maximum absolute atomic E-state index is 4.16. The number of pyridine rings is 1. The van der Waals surface area contributed by atoms with Crippen molar-refractivity contribution >= 4 is 0 Å². The molecule has 2 nitrogen and oxygen atoms in total. The van der Waals surface area contributed by atoms with Crippen molar-refractivity contribution in [1.29, 1.82) is 0 Å². The summed E-state index contributed by atoms with van der Waals surface area (Å²) in [5.74, 6) is 1.42. The summed E-state index contributed by atoms with van der Waals surface area (Å²) in [4.78, 5) is 4.16. The van der Waals surface area contributed by atoms with Gasteiger partial charge in [0, 0.05) is 12.4 Å². The van der Waals surface area contributed by atoms with E-state index in [0.29, 0.717) is 11.8 Å². The Morgan fingerprint density at radius 3 is 2.75 bits per heavy atom. The van der Waals surface area contributed by atoms with Crippen LogP contribution in [0.5, 0.6) is 0 Å². The van der Waals surface area contributed by atoms with Gasteiger partial charge in [0.2, 0.25) is 0 Å². The minimum absolute atomic E-state index is 0.702. The van der Waals surface area contributed by atoms with Crippen molar-refractivity contribution in [3.63, 3.8) is 0 Å². The molecule has 0 radical (unpaired) electrons. The molecular formula is C14H24N2. The van der Waals surface area contributed by atoms with Crippen molar-refractivity contribution in [3.05, 3.63) is 30.1 Å². The second-order valence-corrected chi connectivity index (χ2v) is 4.72. The summed E-state index contributed by atoms with van der Waals surface area (Å²) in [6, 6.07) is 4.18. The Hall–Kier alpha value is -0.890. The van der Waals surface area contributed by atoms with Crippen molar-refractivity contribution in [1.82, 2.24) is 10.3 Å². The summed E-state index contributed by atoms with van der Waals surface area (Å²) in [6.07, 6.45) is 6.15. The summed E-state index contributed by atoms with van der Waals surface area (Å²) in [7, 11) is 0. The molecule has 2 unspecified atom stereocenters. The third kappa shape index (κ3) is 4.75. The summed E-state index contributed by atoms with van der Waals surface area (Å²) in [5.41, 5.74) is 1.34. The quantitative estimate of drug-likeness (QED) is 0.715. The molecule has 2 heteroatoms. The van der Waals surface area contributed by atoms with Crippen LogP contribution in [0.15, 0.2) is 24.5 Å². The lowest BCUT2D eigenvalue weighted by atomic mass is 9.90. The third-order valence-electron chi connectivity index (χ3n) is 3.14. The molecule has 1 aromatic heterocycles. The van der Waals surface area contributed by atoms with Crippen LogP contribution < -0.4 is 5.32 Å². The van der Waals surface area contributed by atoms with E-state index in [0.717, 1.165) is 19.5 Å². The molecule has 90 valence electrons. The topological polar surface area (TPSA) is 24.9 Å². The lowest BCUT2D eigenvalue weighted by molar-refractivity contribution is 0.365. The lowest BCUT2D eigenvalue weighted by Crippen LogP contribution is -2.26. The third-order valence-corrected chi connectivity index (χ3v) is 3.14. The van der Waals surface area contributed by atoms with E-state index < -0.39 is 0 Å². The summed E-state index contributed by atoms with van der Waals surface area (Å²) in [5, 5.41) is 3.49. The molecule has 0 saturated heterocycles. The van der Waals surface area contributed by atoms with Gasteiger partial charge >= 0.3 is 0 Å². The van der Waals surface area contributed by atoms with Crippen molar-refractivity contribution in [2.75, 3.05) is 13.1 Å². The zero-order chi connectivity index (χ0) is 11.8. The van der Waals surface area contributed by atoms with Gasteiger partial charge in [-0.2, -0.15) is 0 Å². The Kier molecular flexibility index (Phi) is 6.09. The van der Waals surface area contributed by atoms with Gasteiger partial charge in [-0.25, -0.2) is 0 Å². The molecule has 0 amide bonds. The van der Waals surface area contributed by atoms with Gasteiger partial charge in [-0.05, 0) is 49.4 Å². The summed E-state index contributed by atoms with van der Waals surface area (Å²) < 4.78 is 0. The Bertz CT molecular complexity index is 271. The van der Waals surface area contributed by atoms with Crippen molar-refractivity contribution in [3.8, 4) is 0 Å². The van der Waals surface area contributed by atoms with E-state index in [1.165, 1.54) is 12.0 Å². The zero-order valence-corrected chi connectivity index (χ0v) is 10.7. The standard InChI is InChI=1S/C14H24N2/c1-4-7-15-10-13(3)12(2)9-14-6-5-8-16-11-14/h5-6,8,11-13,15H,4,7,9-10H2,1-3H3. The predicted molar refractivity (Wildman–Crippen MR) is 69.4 cm³/mol. The zero-order valence-electron chi connectivity index (χ0n) is 10.7. The largest absolute Gasteiger partial charge is 0.316 e. The molecule has 1 aromatic rings. The number of rotatable bonds is 7. The normalized spacial score (nSPS) is 14.7. The number of nitrogens with zero attached hydrogens (tertiary/aromatic N) is 1. The molecule has 0 bridgehead atoms. The fourth-order valence-corrected chi connectivity index (χ4v) is 1.80. The molecular weight excluding hydrogens is 196 g/mol. The SMILES string of the molecule is CCCNCC(C)C(C)Cc1cccnc1. The maximum atomic E-state index is 4.16. The molecule has 0 fully saturated rings. The van der Waals surface area contributed by atoms with Crippen LogP contribution in [-0.2, 0) is 6.42 Å². The Balaban J connectivity index is 2.31. The van der Waals surface area contributed by atoms with Crippen LogP contribution in [-0.4, -0.2) is 18.1 Å². The average molecular weight is 220 g/mol. The fourth-order valence-electron chi connectivity index (χ4n) is 1.80. The highest BCUT2D eigenvalue weighted by Gasteiger charge is 2.12. The molecule has 0 aliphatic carbocycles. The minimum Gasteiger partial charge on any atom is -0.316 e. The molecule has 0 saturated carbocycles. The molecule has 2 atom stereocenters. The van der Waals surface area contributed by atoms with Gasteiger partial charge in [0.05, 0.1) is 0 Å². The Morgan fingerprint density at radius 2 is 2.12 bits per heavy atom. The monoisotopic (exact) mass is 220 g/mol. The van der Waals surface area contributed by atoms with Gasteiger partial charge in [-0.1, -0.05) is 26.8 Å². The van der Waals surface area contributed by atoms with Gasteiger partial charge in [0.15, 0.2) is 0 Å². The van der Waals surface area contributed by atoms with E-state index >= 15 is 0 Å². The second-order valence-electron chi connectivity index (χ2n) is 4.72. The van der Waals surface area contributed by atoms with Gasteiger partial charge in [0.25, 0.3) is 0 Å². The number of hydrogen-bond donors (Lipinski definition) is 1. The lowest BCUT2D eigenvalue weighted by Gasteiger charge is -2.20. The molecule has 0 aromatic carbocycles. The molecule has 1 heterocycles. The molecule has 0 spiro atoms. The van der Waals surface area contributed by atoms with E-state index in [-0.39, 0.29) is 0 Å². The van der Waals surface area contributed by atoms with Gasteiger partial charge in [0.1, 0.15) is 0 Å². The second kappa shape index (κ2) is 7.39. The predicted octanol–water partition coefficient (Wildman–Crippen LogP) is 2.90. The number of aromatic nitrogens is 1. The Morgan fingerprint density at radius 1 is 1.31 bits per heavy atom. The average Bonchev–Trinajstić information content (AvgIpc) is 2.30. The highest BCUT2D eigenvalue weighted by atomic mass is 14.8. The molecule has 1 rings (SSSR count). The first-order chi connectivity index (χ1) is 7.74. The van der Waals surface area contributed by atoms with E-state index in [4.69, 9.17) is 0 Å². The van der Waals surface area contributed by atoms with Crippen molar-refractivity contribution < 1.29 is 0 Å². The van der Waals surface area contributed by atoms with E-state index in [2.05, 4.69) is 37.1 Å². The smallest absolute Gasteiger partial charge is 0.0299 e.